The van der Waals surface area contributed by atoms with E-state index in [-0.39, 0.29) is 12.2 Å². The fourth-order valence-electron chi connectivity index (χ4n) is 6.59. The number of nitrogens with zero attached hydrogens (tertiary/aromatic N) is 5. The minimum absolute atomic E-state index is 0.132. The van der Waals surface area contributed by atoms with Gasteiger partial charge in [-0.2, -0.15) is 0 Å². The zero-order valence-corrected chi connectivity index (χ0v) is 31.5. The van der Waals surface area contributed by atoms with E-state index >= 15 is 0 Å². The van der Waals surface area contributed by atoms with Crippen LogP contribution in [0.25, 0.3) is 22.3 Å². The number of piperidine rings is 2. The zero-order chi connectivity index (χ0) is 36.8. The van der Waals surface area contributed by atoms with Gasteiger partial charge in [-0.05, 0) is 95.3 Å². The van der Waals surface area contributed by atoms with E-state index in [0.717, 1.165) is 98.1 Å². The number of likely N-dealkylation sites (tertiary alicyclic amines) is 1. The zero-order valence-electron chi connectivity index (χ0n) is 31.5. The van der Waals surface area contributed by atoms with Gasteiger partial charge in [-0.25, -0.2) is 19.9 Å². The first-order valence-corrected chi connectivity index (χ1v) is 19.0. The molecule has 2 aliphatic heterocycles. The van der Waals surface area contributed by atoms with E-state index in [2.05, 4.69) is 77.2 Å². The number of hydrogen-bond acceptors (Lipinski definition) is 10. The summed E-state index contributed by atoms with van der Waals surface area (Å²) in [5, 5.41) is 10.3. The number of rotatable bonds is 12. The van der Waals surface area contributed by atoms with Gasteiger partial charge in [0.05, 0.1) is 12.2 Å². The van der Waals surface area contributed by atoms with Crippen LogP contribution in [-0.4, -0.2) is 75.3 Å². The molecule has 0 bridgehead atoms. The summed E-state index contributed by atoms with van der Waals surface area (Å²) in [5.41, 5.74) is 5.59. The Labute approximate surface area is 314 Å². The molecule has 3 N–H and O–H groups in total. The molecule has 0 saturated carbocycles. The van der Waals surface area contributed by atoms with Gasteiger partial charge in [0.1, 0.15) is 11.5 Å². The van der Waals surface area contributed by atoms with E-state index in [4.69, 9.17) is 9.47 Å². The summed E-state index contributed by atoms with van der Waals surface area (Å²) >= 11 is 0. The molecule has 10 heteroatoms. The molecule has 2 aromatic heterocycles. The molecular weight excluding hydrogens is 661 g/mol. The summed E-state index contributed by atoms with van der Waals surface area (Å²) in [5.74, 6) is 3.17. The van der Waals surface area contributed by atoms with E-state index in [0.29, 0.717) is 18.0 Å². The minimum atomic E-state index is 0.132. The molecule has 7 rings (SSSR count). The highest BCUT2D eigenvalue weighted by Crippen LogP contribution is 2.27. The van der Waals surface area contributed by atoms with E-state index in [1.54, 1.807) is 0 Å². The average molecular weight is 715 g/mol. The number of hydrogen-bond donors (Lipinski definition) is 3. The third-order valence-corrected chi connectivity index (χ3v) is 9.20. The van der Waals surface area contributed by atoms with Crippen LogP contribution in [0.15, 0.2) is 104 Å². The van der Waals surface area contributed by atoms with Crippen molar-refractivity contribution in [3.63, 3.8) is 0 Å². The first-order chi connectivity index (χ1) is 25.9. The molecule has 0 atom stereocenters. The summed E-state index contributed by atoms with van der Waals surface area (Å²) in [6, 6.07) is 27.6. The molecule has 0 amide bonds. The molecular formula is C43H54N8O2. The predicted molar refractivity (Wildman–Crippen MR) is 214 cm³/mol. The van der Waals surface area contributed by atoms with Gasteiger partial charge < -0.3 is 25.4 Å². The van der Waals surface area contributed by atoms with Gasteiger partial charge in [0.2, 0.25) is 11.9 Å². The minimum Gasteiger partial charge on any atom is -0.491 e. The molecule has 2 aliphatic rings. The molecule has 2 saturated heterocycles. The van der Waals surface area contributed by atoms with Crippen LogP contribution >= 0.6 is 0 Å². The molecule has 2 fully saturated rings. The lowest BCUT2D eigenvalue weighted by Gasteiger charge is -2.32. The average Bonchev–Trinajstić information content (AvgIpc) is 3.17. The molecule has 0 radical (unpaired) electrons. The molecule has 4 heterocycles. The molecule has 0 spiro atoms. The maximum atomic E-state index is 5.96. The van der Waals surface area contributed by atoms with Gasteiger partial charge in [0.15, 0.2) is 0 Å². The lowest BCUT2D eigenvalue weighted by Crippen LogP contribution is -2.39. The SMILES string of the molecule is CC(C)Oc1cc(CN2CCC(Nc3ncc(-c4ccccc4)cn3)CC2)cc(OC(C)C)c1.c1ccc(-c2cnc(NC3CCNCC3)nc2)cc1. The first kappa shape index (κ1) is 37.7. The summed E-state index contributed by atoms with van der Waals surface area (Å²) in [6.07, 6.45) is 12.2. The molecule has 10 nitrogen and oxygen atoms in total. The van der Waals surface area contributed by atoms with E-state index in [9.17, 15) is 0 Å². The molecule has 53 heavy (non-hydrogen) atoms. The molecule has 5 aromatic rings. The third kappa shape index (κ3) is 12.0. The summed E-state index contributed by atoms with van der Waals surface area (Å²) in [6.45, 7) is 13.3. The highest BCUT2D eigenvalue weighted by molar-refractivity contribution is 5.62. The van der Waals surface area contributed by atoms with Gasteiger partial charge >= 0.3 is 0 Å². The van der Waals surface area contributed by atoms with Crippen LogP contribution in [0.2, 0.25) is 0 Å². The Bertz CT molecular complexity index is 1760. The van der Waals surface area contributed by atoms with Crippen LogP contribution in [0.4, 0.5) is 11.9 Å². The Balaban J connectivity index is 0.000000213. The second kappa shape index (κ2) is 19.1. The van der Waals surface area contributed by atoms with Crippen molar-refractivity contribution >= 4 is 11.9 Å². The largest absolute Gasteiger partial charge is 0.491 e. The molecule has 0 aliphatic carbocycles. The molecule has 278 valence electrons. The van der Waals surface area contributed by atoms with Crippen LogP contribution in [0.5, 0.6) is 11.5 Å². The summed E-state index contributed by atoms with van der Waals surface area (Å²) in [4.78, 5) is 20.4. The second-order valence-corrected chi connectivity index (χ2v) is 14.3. The number of anilines is 2. The van der Waals surface area contributed by atoms with Crippen LogP contribution in [0.1, 0.15) is 58.9 Å². The summed E-state index contributed by atoms with van der Waals surface area (Å²) in [7, 11) is 0. The van der Waals surface area contributed by atoms with Crippen molar-refractivity contribution in [2.75, 3.05) is 36.8 Å². The van der Waals surface area contributed by atoms with Crippen molar-refractivity contribution in [1.82, 2.24) is 30.2 Å². The van der Waals surface area contributed by atoms with E-state index < -0.39 is 0 Å². The Kier molecular flexibility index (Phi) is 13.6. The maximum absolute atomic E-state index is 5.96. The quantitative estimate of drug-likeness (QED) is 0.117. The van der Waals surface area contributed by atoms with Crippen LogP contribution < -0.4 is 25.4 Å². The van der Waals surface area contributed by atoms with Crippen molar-refractivity contribution in [3.8, 4) is 33.8 Å². The smallest absolute Gasteiger partial charge is 0.222 e. The number of nitrogens with one attached hydrogen (secondary N) is 3. The summed E-state index contributed by atoms with van der Waals surface area (Å²) < 4.78 is 11.9. The fourth-order valence-corrected chi connectivity index (χ4v) is 6.59. The third-order valence-electron chi connectivity index (χ3n) is 9.20. The number of aromatic nitrogens is 4. The lowest BCUT2D eigenvalue weighted by atomic mass is 10.0. The highest BCUT2D eigenvalue weighted by atomic mass is 16.5. The normalized spacial score (nSPS) is 15.4. The predicted octanol–water partition coefficient (Wildman–Crippen LogP) is 8.10. The highest BCUT2D eigenvalue weighted by Gasteiger charge is 2.21. The monoisotopic (exact) mass is 714 g/mol. The van der Waals surface area contributed by atoms with Crippen molar-refractivity contribution in [2.45, 2.75) is 84.2 Å². The van der Waals surface area contributed by atoms with Crippen LogP contribution in [0.3, 0.4) is 0 Å². The maximum Gasteiger partial charge on any atom is 0.222 e. The van der Waals surface area contributed by atoms with Gasteiger partial charge in [-0.1, -0.05) is 60.7 Å². The van der Waals surface area contributed by atoms with Gasteiger partial charge in [-0.15, -0.1) is 0 Å². The fraction of sp³-hybridized carbons (Fsp3) is 0.395. The second-order valence-electron chi connectivity index (χ2n) is 14.3. The van der Waals surface area contributed by atoms with Gasteiger partial charge in [0.25, 0.3) is 0 Å². The van der Waals surface area contributed by atoms with Crippen molar-refractivity contribution in [1.29, 1.82) is 0 Å². The molecule has 0 unspecified atom stereocenters. The first-order valence-electron chi connectivity index (χ1n) is 19.0. The van der Waals surface area contributed by atoms with E-state index in [1.165, 1.54) is 5.56 Å². The van der Waals surface area contributed by atoms with Crippen LogP contribution in [-0.2, 0) is 6.54 Å². The van der Waals surface area contributed by atoms with Crippen molar-refractivity contribution in [3.05, 3.63) is 109 Å². The van der Waals surface area contributed by atoms with Crippen molar-refractivity contribution < 1.29 is 9.47 Å². The Morgan fingerprint density at radius 1 is 0.604 bits per heavy atom. The lowest BCUT2D eigenvalue weighted by molar-refractivity contribution is 0.207. The van der Waals surface area contributed by atoms with Gasteiger partial charge in [-0.3, -0.25) is 4.90 Å². The standard InChI is InChI=1S/C28H36N4O2.C15H18N4/c1-20(2)33-26-14-22(15-27(16-26)34-21(3)4)19-32-12-10-25(11-13-32)31-28-29-17-24(18-30-28)23-8-6-5-7-9-23;1-2-4-12(5-3-1)13-10-17-15(18-11-13)19-14-6-8-16-9-7-14/h5-9,14-18,20-21,25H,10-13,19H2,1-4H3,(H,29,30,31);1-5,10-11,14,16H,6-9H2,(H,17,18,19). The van der Waals surface area contributed by atoms with Gasteiger partial charge in [0, 0.05) is 73.7 Å². The Morgan fingerprint density at radius 2 is 1.04 bits per heavy atom. The Hall–Kier alpha value is -5.06. The molecule has 3 aromatic carbocycles. The Morgan fingerprint density at radius 3 is 1.47 bits per heavy atom. The topological polar surface area (TPSA) is 109 Å². The van der Waals surface area contributed by atoms with E-state index in [1.807, 2.05) is 94.9 Å². The van der Waals surface area contributed by atoms with Crippen LogP contribution in [0, 0.1) is 0 Å². The van der Waals surface area contributed by atoms with Crippen molar-refractivity contribution in [2.24, 2.45) is 0 Å². The number of ether oxygens (including phenoxy) is 2. The number of benzene rings is 3.